The van der Waals surface area contributed by atoms with Crippen molar-refractivity contribution in [2.45, 2.75) is 39.0 Å². The minimum absolute atomic E-state index is 1.02. The summed E-state index contributed by atoms with van der Waals surface area (Å²) < 4.78 is 0. The van der Waals surface area contributed by atoms with Gasteiger partial charge in [-0.25, -0.2) is 0 Å². The molecule has 0 radical (unpaired) electrons. The van der Waals surface area contributed by atoms with Crippen molar-refractivity contribution >= 4 is 0 Å². The monoisotopic (exact) mass is 217 g/mol. The smallest absolute Gasteiger partial charge is 0.0141 e. The summed E-state index contributed by atoms with van der Waals surface area (Å²) in [5.41, 5.74) is 1.37. The average molecular weight is 217 g/mol. The number of benzene rings is 1. The minimum Gasteiger partial charge on any atom is -0.391 e. The van der Waals surface area contributed by atoms with Gasteiger partial charge in [-0.3, -0.25) is 0 Å². The van der Waals surface area contributed by atoms with Crippen LogP contribution in [-0.4, -0.2) is 6.54 Å². The fourth-order valence-electron chi connectivity index (χ4n) is 1.63. The molecule has 1 heteroatoms. The Bertz CT molecular complexity index is 277. The van der Waals surface area contributed by atoms with Gasteiger partial charge in [-0.05, 0) is 24.6 Å². The molecular formula is C15H23N. The molecule has 1 aromatic carbocycles. The number of allylic oxidation sites excluding steroid dienone is 1. The van der Waals surface area contributed by atoms with Crippen molar-refractivity contribution in [3.05, 3.63) is 48.2 Å². The molecule has 0 amide bonds. The first-order valence-electron chi connectivity index (χ1n) is 6.36. The van der Waals surface area contributed by atoms with Crippen LogP contribution in [0, 0.1) is 0 Å². The van der Waals surface area contributed by atoms with Crippen molar-refractivity contribution < 1.29 is 0 Å². The van der Waals surface area contributed by atoms with Crippen molar-refractivity contribution in [1.82, 2.24) is 5.32 Å². The van der Waals surface area contributed by atoms with E-state index in [4.69, 9.17) is 0 Å². The average Bonchev–Trinajstić information content (AvgIpc) is 2.34. The van der Waals surface area contributed by atoms with Gasteiger partial charge in [-0.1, -0.05) is 62.6 Å². The molecule has 0 fully saturated rings. The zero-order chi connectivity index (χ0) is 11.5. The summed E-state index contributed by atoms with van der Waals surface area (Å²) in [6.45, 7) is 3.35. The Morgan fingerprint density at radius 2 is 1.88 bits per heavy atom. The molecule has 1 N–H and O–H groups in total. The Hall–Kier alpha value is -1.24. The Morgan fingerprint density at radius 1 is 1.06 bits per heavy atom. The van der Waals surface area contributed by atoms with Gasteiger partial charge in [-0.2, -0.15) is 0 Å². The van der Waals surface area contributed by atoms with Gasteiger partial charge in [0.05, 0.1) is 0 Å². The van der Waals surface area contributed by atoms with E-state index < -0.39 is 0 Å². The summed E-state index contributed by atoms with van der Waals surface area (Å²) in [7, 11) is 0. The van der Waals surface area contributed by atoms with Gasteiger partial charge in [0.15, 0.2) is 0 Å². The highest BCUT2D eigenvalue weighted by Gasteiger charge is 1.86. The maximum Gasteiger partial charge on any atom is 0.0141 e. The normalized spacial score (nSPS) is 10.8. The van der Waals surface area contributed by atoms with Gasteiger partial charge in [0.1, 0.15) is 0 Å². The maximum absolute atomic E-state index is 3.33. The molecule has 0 aliphatic rings. The van der Waals surface area contributed by atoms with Crippen molar-refractivity contribution in [2.24, 2.45) is 0 Å². The first kappa shape index (κ1) is 12.8. The molecule has 1 aromatic rings. The van der Waals surface area contributed by atoms with Gasteiger partial charge in [0.25, 0.3) is 0 Å². The van der Waals surface area contributed by atoms with Crippen LogP contribution in [0.1, 0.15) is 38.2 Å². The Labute approximate surface area is 99.6 Å². The van der Waals surface area contributed by atoms with Crippen LogP contribution < -0.4 is 5.32 Å². The topological polar surface area (TPSA) is 12.0 Å². The molecule has 1 nitrogen and oxygen atoms in total. The molecule has 0 aliphatic carbocycles. The molecule has 0 heterocycles. The molecule has 0 aromatic heterocycles. The number of unbranched alkanes of at least 4 members (excludes halogenated alkanes) is 3. The van der Waals surface area contributed by atoms with Crippen LogP contribution in [0.25, 0.3) is 0 Å². The van der Waals surface area contributed by atoms with E-state index in [2.05, 4.69) is 54.8 Å². The lowest BCUT2D eigenvalue weighted by Gasteiger charge is -2.00. The Balaban J connectivity index is 2.01. The van der Waals surface area contributed by atoms with E-state index in [0.29, 0.717) is 0 Å². The molecule has 0 unspecified atom stereocenters. The highest BCUT2D eigenvalue weighted by Crippen LogP contribution is 2.00. The summed E-state index contributed by atoms with van der Waals surface area (Å²) in [4.78, 5) is 0. The third-order valence-electron chi connectivity index (χ3n) is 2.61. The van der Waals surface area contributed by atoms with Gasteiger partial charge in [0.2, 0.25) is 0 Å². The number of hydrogen-bond donors (Lipinski definition) is 1. The third-order valence-corrected chi connectivity index (χ3v) is 2.61. The van der Waals surface area contributed by atoms with Crippen molar-refractivity contribution in [2.75, 3.05) is 6.54 Å². The van der Waals surface area contributed by atoms with Crippen molar-refractivity contribution in [3.8, 4) is 0 Å². The molecule has 1 rings (SSSR count). The van der Waals surface area contributed by atoms with Crippen LogP contribution in [0.4, 0.5) is 0 Å². The fraction of sp³-hybridized carbons (Fsp3) is 0.467. The SMILES string of the molecule is CCCCCCNC=CCc1ccccc1. The van der Waals surface area contributed by atoms with E-state index >= 15 is 0 Å². The quantitative estimate of drug-likeness (QED) is 0.651. The van der Waals surface area contributed by atoms with Crippen molar-refractivity contribution in [1.29, 1.82) is 0 Å². The lowest BCUT2D eigenvalue weighted by atomic mass is 10.1. The molecule has 0 bridgehead atoms. The number of rotatable bonds is 8. The van der Waals surface area contributed by atoms with E-state index in [1.165, 1.54) is 31.2 Å². The van der Waals surface area contributed by atoms with E-state index in [9.17, 15) is 0 Å². The Morgan fingerprint density at radius 3 is 2.62 bits per heavy atom. The van der Waals surface area contributed by atoms with Gasteiger partial charge < -0.3 is 5.32 Å². The van der Waals surface area contributed by atoms with Crippen LogP contribution in [0.2, 0.25) is 0 Å². The van der Waals surface area contributed by atoms with Crippen LogP contribution in [0.15, 0.2) is 42.6 Å². The highest BCUT2D eigenvalue weighted by atomic mass is 14.8. The van der Waals surface area contributed by atoms with Crippen LogP contribution in [-0.2, 0) is 6.42 Å². The van der Waals surface area contributed by atoms with Gasteiger partial charge >= 0.3 is 0 Å². The summed E-state index contributed by atoms with van der Waals surface area (Å²) in [6.07, 6.45) is 10.6. The van der Waals surface area contributed by atoms with Crippen LogP contribution >= 0.6 is 0 Å². The van der Waals surface area contributed by atoms with Gasteiger partial charge in [0, 0.05) is 6.54 Å². The minimum atomic E-state index is 1.02. The number of nitrogens with one attached hydrogen (secondary N) is 1. The van der Waals surface area contributed by atoms with E-state index in [1.807, 2.05) is 0 Å². The van der Waals surface area contributed by atoms with E-state index in [1.54, 1.807) is 0 Å². The fourth-order valence-corrected chi connectivity index (χ4v) is 1.63. The van der Waals surface area contributed by atoms with Crippen LogP contribution in [0.3, 0.4) is 0 Å². The van der Waals surface area contributed by atoms with Crippen LogP contribution in [0.5, 0.6) is 0 Å². The maximum atomic E-state index is 3.33. The Kier molecular flexibility index (Phi) is 7.23. The van der Waals surface area contributed by atoms with Gasteiger partial charge in [-0.15, -0.1) is 0 Å². The lowest BCUT2D eigenvalue weighted by Crippen LogP contribution is -2.06. The predicted molar refractivity (Wildman–Crippen MR) is 71.4 cm³/mol. The number of hydrogen-bond acceptors (Lipinski definition) is 1. The second-order valence-corrected chi connectivity index (χ2v) is 4.11. The highest BCUT2D eigenvalue weighted by molar-refractivity contribution is 5.17. The van der Waals surface area contributed by atoms with E-state index in [0.717, 1.165) is 13.0 Å². The molecule has 0 spiro atoms. The molecule has 0 saturated heterocycles. The second kappa shape index (κ2) is 9.02. The zero-order valence-electron chi connectivity index (χ0n) is 10.3. The molecule has 0 atom stereocenters. The molecular weight excluding hydrogens is 194 g/mol. The summed E-state index contributed by atoms with van der Waals surface area (Å²) in [5, 5.41) is 3.33. The molecule has 0 aliphatic heterocycles. The second-order valence-electron chi connectivity index (χ2n) is 4.11. The van der Waals surface area contributed by atoms with E-state index in [-0.39, 0.29) is 0 Å². The standard InChI is InChI=1S/C15H23N/c1-2-3-4-8-13-16-14-9-12-15-10-6-5-7-11-15/h5-7,9-11,14,16H,2-4,8,12-13H2,1H3. The third kappa shape index (κ3) is 6.28. The largest absolute Gasteiger partial charge is 0.391 e. The molecule has 0 saturated carbocycles. The molecule has 88 valence electrons. The summed E-state index contributed by atoms with van der Waals surface area (Å²) >= 11 is 0. The lowest BCUT2D eigenvalue weighted by molar-refractivity contribution is 0.645. The van der Waals surface area contributed by atoms with Crippen molar-refractivity contribution in [3.63, 3.8) is 0 Å². The zero-order valence-corrected chi connectivity index (χ0v) is 10.3. The predicted octanol–water partition coefficient (Wildman–Crippen LogP) is 3.91. The first-order chi connectivity index (χ1) is 7.93. The summed E-state index contributed by atoms with van der Waals surface area (Å²) in [6, 6.07) is 10.5. The summed E-state index contributed by atoms with van der Waals surface area (Å²) in [5.74, 6) is 0. The first-order valence-corrected chi connectivity index (χ1v) is 6.36. The molecule has 16 heavy (non-hydrogen) atoms.